The number of esters is 1. The fourth-order valence-corrected chi connectivity index (χ4v) is 3.96. The molecule has 0 bridgehead atoms. The number of rotatable bonds is 5. The van der Waals surface area contributed by atoms with E-state index in [-0.39, 0.29) is 18.6 Å². The molecule has 2 heterocycles. The van der Waals surface area contributed by atoms with Gasteiger partial charge in [0.05, 0.1) is 5.92 Å². The number of nitrogens with one attached hydrogen (secondary N) is 1. The molecule has 32 heavy (non-hydrogen) atoms. The first-order valence-electron chi connectivity index (χ1n) is 10.9. The Morgan fingerprint density at radius 3 is 2.75 bits per heavy atom. The monoisotopic (exact) mass is 434 g/mol. The molecule has 166 valence electrons. The molecular weight excluding hydrogens is 408 g/mol. The van der Waals surface area contributed by atoms with Crippen LogP contribution in [0.15, 0.2) is 63.8 Å². The molecule has 7 nitrogen and oxygen atoms in total. The van der Waals surface area contributed by atoms with Gasteiger partial charge in [-0.05, 0) is 43.0 Å². The predicted molar refractivity (Wildman–Crippen MR) is 121 cm³/mol. The highest BCUT2D eigenvalue weighted by Gasteiger charge is 2.29. The number of piperidine rings is 1. The van der Waals surface area contributed by atoms with Gasteiger partial charge in [0.15, 0.2) is 0 Å². The second-order valence-corrected chi connectivity index (χ2v) is 7.96. The van der Waals surface area contributed by atoms with Crippen LogP contribution in [0.3, 0.4) is 0 Å². The number of para-hydroxylation sites is 1. The van der Waals surface area contributed by atoms with Crippen molar-refractivity contribution in [2.75, 3.05) is 18.4 Å². The van der Waals surface area contributed by atoms with E-state index >= 15 is 0 Å². The molecule has 1 unspecified atom stereocenters. The number of urea groups is 1. The van der Waals surface area contributed by atoms with Gasteiger partial charge in [-0.1, -0.05) is 37.3 Å². The van der Waals surface area contributed by atoms with Gasteiger partial charge in [-0.2, -0.15) is 0 Å². The summed E-state index contributed by atoms with van der Waals surface area (Å²) in [5.74, 6) is -0.767. The lowest BCUT2D eigenvalue weighted by atomic mass is 9.98. The summed E-state index contributed by atoms with van der Waals surface area (Å²) in [6.45, 7) is 2.90. The maximum Gasteiger partial charge on any atom is 0.336 e. The average molecular weight is 434 g/mol. The minimum absolute atomic E-state index is 0.0148. The number of amides is 2. The molecule has 0 aliphatic carbocycles. The van der Waals surface area contributed by atoms with Crippen molar-refractivity contribution in [3.8, 4) is 0 Å². The minimum atomic E-state index is -0.474. The summed E-state index contributed by atoms with van der Waals surface area (Å²) in [6, 6.07) is 16.0. The number of anilines is 1. The fraction of sp³-hybridized carbons (Fsp3) is 0.320. The maximum absolute atomic E-state index is 12.7. The van der Waals surface area contributed by atoms with Crippen LogP contribution in [0.5, 0.6) is 0 Å². The Bertz CT molecular complexity index is 1170. The molecule has 0 radical (unpaired) electrons. The molecule has 0 saturated carbocycles. The summed E-state index contributed by atoms with van der Waals surface area (Å²) in [6.07, 6.45) is 2.21. The third kappa shape index (κ3) is 4.99. The molecule has 1 atom stereocenters. The van der Waals surface area contributed by atoms with Gasteiger partial charge in [0, 0.05) is 35.8 Å². The number of carbonyl (C=O) groups is 2. The molecule has 7 heteroatoms. The van der Waals surface area contributed by atoms with Crippen molar-refractivity contribution in [3.05, 3.63) is 76.1 Å². The minimum Gasteiger partial charge on any atom is -0.461 e. The smallest absolute Gasteiger partial charge is 0.336 e. The van der Waals surface area contributed by atoms with E-state index in [9.17, 15) is 14.4 Å². The third-order valence-corrected chi connectivity index (χ3v) is 5.74. The van der Waals surface area contributed by atoms with Gasteiger partial charge in [-0.15, -0.1) is 0 Å². The first-order chi connectivity index (χ1) is 15.5. The SMILES string of the molecule is CCc1ccc2c(COC(=O)C3CCCN(C(=O)Nc4ccccc4)C3)cc(=O)oc2c1. The number of nitrogens with zero attached hydrogens (tertiary/aromatic N) is 1. The zero-order valence-electron chi connectivity index (χ0n) is 18.0. The molecule has 1 aliphatic rings. The van der Waals surface area contributed by atoms with Crippen LogP contribution in [0.25, 0.3) is 11.0 Å². The number of ether oxygens (including phenoxy) is 1. The van der Waals surface area contributed by atoms with Crippen molar-refractivity contribution in [3.63, 3.8) is 0 Å². The Balaban J connectivity index is 1.40. The Kier molecular flexibility index (Phi) is 6.54. The summed E-state index contributed by atoms with van der Waals surface area (Å²) >= 11 is 0. The quantitative estimate of drug-likeness (QED) is 0.477. The maximum atomic E-state index is 12.7. The summed E-state index contributed by atoms with van der Waals surface area (Å²) in [5.41, 5.74) is 2.40. The summed E-state index contributed by atoms with van der Waals surface area (Å²) in [5, 5.41) is 3.61. The van der Waals surface area contributed by atoms with Crippen LogP contribution >= 0.6 is 0 Å². The second-order valence-electron chi connectivity index (χ2n) is 7.96. The molecule has 1 fully saturated rings. The molecule has 1 aromatic heterocycles. The number of carbonyl (C=O) groups excluding carboxylic acids is 2. The van der Waals surface area contributed by atoms with Gasteiger partial charge in [-0.25, -0.2) is 9.59 Å². The van der Waals surface area contributed by atoms with Crippen LogP contribution in [-0.2, 0) is 22.6 Å². The van der Waals surface area contributed by atoms with Crippen LogP contribution in [0.4, 0.5) is 10.5 Å². The Labute approximate surface area is 186 Å². The van der Waals surface area contributed by atoms with E-state index in [1.807, 2.05) is 55.5 Å². The summed E-state index contributed by atoms with van der Waals surface area (Å²) in [7, 11) is 0. The summed E-state index contributed by atoms with van der Waals surface area (Å²) in [4.78, 5) is 38.9. The molecule has 0 spiro atoms. The van der Waals surface area contributed by atoms with E-state index in [2.05, 4.69) is 5.32 Å². The van der Waals surface area contributed by atoms with Crippen molar-refractivity contribution < 1.29 is 18.7 Å². The van der Waals surface area contributed by atoms with Gasteiger partial charge in [0.1, 0.15) is 12.2 Å². The molecule has 2 amide bonds. The van der Waals surface area contributed by atoms with Crippen molar-refractivity contribution in [2.45, 2.75) is 32.8 Å². The Morgan fingerprint density at radius 2 is 1.97 bits per heavy atom. The first-order valence-corrected chi connectivity index (χ1v) is 10.9. The molecular formula is C25H26N2O5. The lowest BCUT2D eigenvalue weighted by molar-refractivity contribution is -0.151. The first kappa shape index (κ1) is 21.6. The molecule has 4 rings (SSSR count). The highest BCUT2D eigenvalue weighted by atomic mass is 16.5. The van der Waals surface area contributed by atoms with Crippen LogP contribution in [0, 0.1) is 5.92 Å². The van der Waals surface area contributed by atoms with E-state index in [1.54, 1.807) is 4.90 Å². The zero-order valence-corrected chi connectivity index (χ0v) is 18.0. The van der Waals surface area contributed by atoms with E-state index in [0.29, 0.717) is 36.3 Å². The summed E-state index contributed by atoms with van der Waals surface area (Å²) < 4.78 is 10.9. The Hall–Kier alpha value is -3.61. The van der Waals surface area contributed by atoms with Gasteiger partial charge in [-0.3, -0.25) is 4.79 Å². The molecule has 2 aromatic carbocycles. The normalized spacial score (nSPS) is 16.0. The van der Waals surface area contributed by atoms with Crippen LogP contribution < -0.4 is 10.9 Å². The van der Waals surface area contributed by atoms with E-state index in [1.165, 1.54) is 6.07 Å². The Morgan fingerprint density at radius 1 is 1.16 bits per heavy atom. The zero-order chi connectivity index (χ0) is 22.5. The number of benzene rings is 2. The largest absolute Gasteiger partial charge is 0.461 e. The fourth-order valence-electron chi connectivity index (χ4n) is 3.96. The third-order valence-electron chi connectivity index (χ3n) is 5.74. The topological polar surface area (TPSA) is 88.9 Å². The van der Waals surface area contributed by atoms with Crippen molar-refractivity contribution in [2.24, 2.45) is 5.92 Å². The lowest BCUT2D eigenvalue weighted by Gasteiger charge is -2.31. The molecule has 3 aromatic rings. The number of hydrogen-bond donors (Lipinski definition) is 1. The molecule has 1 N–H and O–H groups in total. The highest BCUT2D eigenvalue weighted by Crippen LogP contribution is 2.22. The average Bonchev–Trinajstić information content (AvgIpc) is 2.82. The van der Waals surface area contributed by atoms with Crippen molar-refractivity contribution >= 4 is 28.7 Å². The van der Waals surface area contributed by atoms with Crippen LogP contribution in [0.2, 0.25) is 0 Å². The van der Waals surface area contributed by atoms with Crippen molar-refractivity contribution in [1.82, 2.24) is 4.90 Å². The highest BCUT2D eigenvalue weighted by molar-refractivity contribution is 5.89. The van der Waals surface area contributed by atoms with Gasteiger partial charge in [0.2, 0.25) is 0 Å². The lowest BCUT2D eigenvalue weighted by Crippen LogP contribution is -2.44. The second kappa shape index (κ2) is 9.68. The number of aryl methyl sites for hydroxylation is 1. The number of hydrogen-bond acceptors (Lipinski definition) is 5. The molecule has 1 saturated heterocycles. The van der Waals surface area contributed by atoms with E-state index in [4.69, 9.17) is 9.15 Å². The molecule has 1 aliphatic heterocycles. The van der Waals surface area contributed by atoms with Crippen LogP contribution in [0.1, 0.15) is 30.9 Å². The van der Waals surface area contributed by atoms with E-state index in [0.717, 1.165) is 23.8 Å². The number of fused-ring (bicyclic) bond motifs is 1. The van der Waals surface area contributed by atoms with Gasteiger partial charge >= 0.3 is 17.6 Å². The van der Waals surface area contributed by atoms with Crippen molar-refractivity contribution in [1.29, 1.82) is 0 Å². The van der Waals surface area contributed by atoms with E-state index < -0.39 is 11.5 Å². The van der Waals surface area contributed by atoms with Gasteiger partial charge in [0.25, 0.3) is 0 Å². The van der Waals surface area contributed by atoms with Crippen LogP contribution in [-0.4, -0.2) is 30.0 Å². The number of likely N-dealkylation sites (tertiary alicyclic amines) is 1. The predicted octanol–water partition coefficient (Wildman–Crippen LogP) is 4.34. The van der Waals surface area contributed by atoms with Gasteiger partial charge < -0.3 is 19.4 Å². The standard InChI is InChI=1S/C25H26N2O5/c1-2-17-10-11-21-19(14-23(28)32-22(21)13-17)16-31-24(29)18-7-6-12-27(15-18)25(30)26-20-8-4-3-5-9-20/h3-5,8-11,13-14,18H,2,6-7,12,15-16H2,1H3,(H,26,30).